The molecule has 1 N–H and O–H groups in total. The van der Waals surface area contributed by atoms with Gasteiger partial charge in [-0.05, 0) is 51.4 Å². The van der Waals surface area contributed by atoms with E-state index in [0.29, 0.717) is 0 Å². The van der Waals surface area contributed by atoms with E-state index in [0.717, 1.165) is 18.8 Å². The van der Waals surface area contributed by atoms with Crippen molar-refractivity contribution in [3.63, 3.8) is 0 Å². The normalized spacial score (nSPS) is 41.8. The van der Waals surface area contributed by atoms with Gasteiger partial charge in [0.25, 0.3) is 0 Å². The van der Waals surface area contributed by atoms with Crippen LogP contribution < -0.4 is 0 Å². The van der Waals surface area contributed by atoms with Crippen LogP contribution in [-0.4, -0.2) is 10.7 Å². The molecule has 68 valence electrons. The third-order valence-electron chi connectivity index (χ3n) is 3.30. The van der Waals surface area contributed by atoms with Crippen LogP contribution in [0, 0.1) is 5.92 Å². The van der Waals surface area contributed by atoms with Crippen molar-refractivity contribution in [3.8, 4) is 0 Å². The van der Waals surface area contributed by atoms with Gasteiger partial charge in [0.15, 0.2) is 0 Å². The highest BCUT2D eigenvalue weighted by Gasteiger charge is 2.32. The maximum absolute atomic E-state index is 9.87. The molecule has 0 bridgehead atoms. The molecule has 12 heavy (non-hydrogen) atoms. The number of allylic oxidation sites excluding steroid dienone is 1. The molecule has 0 amide bonds. The smallest absolute Gasteiger partial charge is 0.0657 e. The summed E-state index contributed by atoms with van der Waals surface area (Å²) >= 11 is 0. The van der Waals surface area contributed by atoms with Gasteiger partial charge in [0, 0.05) is 0 Å². The van der Waals surface area contributed by atoms with Gasteiger partial charge < -0.3 is 5.11 Å². The maximum Gasteiger partial charge on any atom is 0.0657 e. The third kappa shape index (κ3) is 1.56. The largest absolute Gasteiger partial charge is 0.390 e. The van der Waals surface area contributed by atoms with Crippen molar-refractivity contribution in [1.29, 1.82) is 0 Å². The Morgan fingerprint density at radius 1 is 1.50 bits per heavy atom. The Balaban J connectivity index is 2.12. The van der Waals surface area contributed by atoms with Gasteiger partial charge >= 0.3 is 0 Å². The molecule has 0 aromatic rings. The fourth-order valence-electron chi connectivity index (χ4n) is 2.56. The molecule has 0 aliphatic heterocycles. The molecule has 0 heterocycles. The van der Waals surface area contributed by atoms with Gasteiger partial charge in [0.05, 0.1) is 5.60 Å². The van der Waals surface area contributed by atoms with Gasteiger partial charge in [-0.15, -0.1) is 0 Å². The van der Waals surface area contributed by atoms with Gasteiger partial charge in [-0.3, -0.25) is 0 Å². The Labute approximate surface area is 74.5 Å². The summed E-state index contributed by atoms with van der Waals surface area (Å²) in [6, 6.07) is 0. The molecular weight excluding hydrogens is 148 g/mol. The van der Waals surface area contributed by atoms with Crippen LogP contribution in [0.3, 0.4) is 0 Å². The van der Waals surface area contributed by atoms with E-state index in [9.17, 15) is 5.11 Å². The summed E-state index contributed by atoms with van der Waals surface area (Å²) in [6.07, 6.45) is 9.45. The van der Waals surface area contributed by atoms with E-state index in [4.69, 9.17) is 0 Å². The van der Waals surface area contributed by atoms with E-state index in [1.54, 1.807) is 0 Å². The first kappa shape index (κ1) is 8.31. The zero-order chi connectivity index (χ0) is 8.60. The lowest BCUT2D eigenvalue weighted by Crippen LogP contribution is -2.32. The Kier molecular flexibility index (Phi) is 1.99. The second kappa shape index (κ2) is 2.88. The monoisotopic (exact) mass is 166 g/mol. The molecule has 2 aliphatic carbocycles. The molecule has 2 aliphatic rings. The molecule has 2 rings (SSSR count). The molecule has 2 atom stereocenters. The van der Waals surface area contributed by atoms with E-state index in [1.165, 1.54) is 31.3 Å². The minimum Gasteiger partial charge on any atom is -0.390 e. The van der Waals surface area contributed by atoms with Gasteiger partial charge in [-0.1, -0.05) is 11.6 Å². The summed E-state index contributed by atoms with van der Waals surface area (Å²) in [4.78, 5) is 0. The van der Waals surface area contributed by atoms with Crippen LogP contribution in [0.1, 0.15) is 45.4 Å². The first-order chi connectivity index (χ1) is 5.67. The van der Waals surface area contributed by atoms with Crippen molar-refractivity contribution in [1.82, 2.24) is 0 Å². The highest BCUT2D eigenvalue weighted by molar-refractivity contribution is 5.15. The third-order valence-corrected chi connectivity index (χ3v) is 3.30. The van der Waals surface area contributed by atoms with Crippen LogP contribution in [0.2, 0.25) is 0 Å². The summed E-state index contributed by atoms with van der Waals surface area (Å²) in [7, 11) is 0. The summed E-state index contributed by atoms with van der Waals surface area (Å²) in [5.41, 5.74) is 1.14. The Bertz CT molecular complexity index is 203. The molecule has 0 unspecified atom stereocenters. The number of hydrogen-bond acceptors (Lipinski definition) is 1. The maximum atomic E-state index is 9.87. The zero-order valence-corrected chi connectivity index (χ0v) is 7.84. The van der Waals surface area contributed by atoms with E-state index in [1.807, 2.05) is 6.92 Å². The minimum atomic E-state index is -0.403. The second-order valence-corrected chi connectivity index (χ2v) is 4.62. The highest BCUT2D eigenvalue weighted by atomic mass is 16.3. The molecule has 1 heteroatoms. The van der Waals surface area contributed by atoms with E-state index in [-0.39, 0.29) is 0 Å². The Hall–Kier alpha value is -0.300. The van der Waals surface area contributed by atoms with Crippen LogP contribution in [0.15, 0.2) is 11.6 Å². The van der Waals surface area contributed by atoms with Gasteiger partial charge in [-0.25, -0.2) is 0 Å². The SMILES string of the molecule is C[C@]1(O)CC[C@H]2CCCC=C2C1. The van der Waals surface area contributed by atoms with Gasteiger partial charge in [0.1, 0.15) is 0 Å². The fourth-order valence-corrected chi connectivity index (χ4v) is 2.56. The Morgan fingerprint density at radius 2 is 2.33 bits per heavy atom. The summed E-state index contributed by atoms with van der Waals surface area (Å²) in [5.74, 6) is 0.818. The molecule has 1 saturated carbocycles. The van der Waals surface area contributed by atoms with E-state index in [2.05, 4.69) is 6.08 Å². The molecule has 0 aromatic heterocycles. The quantitative estimate of drug-likeness (QED) is 0.548. The number of aliphatic hydroxyl groups is 1. The average molecular weight is 166 g/mol. The first-order valence-corrected chi connectivity index (χ1v) is 5.09. The van der Waals surface area contributed by atoms with Crippen LogP contribution in [-0.2, 0) is 0 Å². The summed E-state index contributed by atoms with van der Waals surface area (Å²) < 4.78 is 0. The second-order valence-electron chi connectivity index (χ2n) is 4.62. The lowest BCUT2D eigenvalue weighted by atomic mass is 9.72. The van der Waals surface area contributed by atoms with Crippen molar-refractivity contribution >= 4 is 0 Å². The van der Waals surface area contributed by atoms with Crippen LogP contribution >= 0.6 is 0 Å². The first-order valence-electron chi connectivity index (χ1n) is 5.09. The molecule has 0 radical (unpaired) electrons. The molecule has 1 fully saturated rings. The number of fused-ring (bicyclic) bond motifs is 1. The van der Waals surface area contributed by atoms with Gasteiger partial charge in [-0.2, -0.15) is 0 Å². The van der Waals surface area contributed by atoms with Crippen molar-refractivity contribution in [2.24, 2.45) is 5.92 Å². The standard InChI is InChI=1S/C11H18O/c1-11(12)7-6-9-4-2-3-5-10(9)8-11/h5,9,12H,2-4,6-8H2,1H3/t9-,11+/m1/s1. The van der Waals surface area contributed by atoms with Crippen LogP contribution in [0.4, 0.5) is 0 Å². The van der Waals surface area contributed by atoms with Crippen LogP contribution in [0.25, 0.3) is 0 Å². The lowest BCUT2D eigenvalue weighted by Gasteiger charge is -2.37. The molecule has 0 spiro atoms. The van der Waals surface area contributed by atoms with E-state index < -0.39 is 5.60 Å². The predicted molar refractivity (Wildman–Crippen MR) is 49.9 cm³/mol. The predicted octanol–water partition coefficient (Wildman–Crippen LogP) is 2.65. The van der Waals surface area contributed by atoms with Crippen molar-refractivity contribution in [3.05, 3.63) is 11.6 Å². The van der Waals surface area contributed by atoms with Crippen LogP contribution in [0.5, 0.6) is 0 Å². The zero-order valence-electron chi connectivity index (χ0n) is 7.84. The summed E-state index contributed by atoms with van der Waals surface area (Å²) in [5, 5.41) is 9.87. The van der Waals surface area contributed by atoms with Crippen molar-refractivity contribution < 1.29 is 5.11 Å². The van der Waals surface area contributed by atoms with Crippen molar-refractivity contribution in [2.45, 2.75) is 51.0 Å². The lowest BCUT2D eigenvalue weighted by molar-refractivity contribution is 0.0271. The molecule has 0 aromatic carbocycles. The Morgan fingerprint density at radius 3 is 3.17 bits per heavy atom. The number of rotatable bonds is 0. The topological polar surface area (TPSA) is 20.2 Å². The van der Waals surface area contributed by atoms with E-state index >= 15 is 0 Å². The average Bonchev–Trinajstić information content (AvgIpc) is 2.02. The number of hydrogen-bond donors (Lipinski definition) is 1. The van der Waals surface area contributed by atoms with Gasteiger partial charge in [0.2, 0.25) is 0 Å². The summed E-state index contributed by atoms with van der Waals surface area (Å²) in [6.45, 7) is 1.97. The highest BCUT2D eigenvalue weighted by Crippen LogP contribution is 2.40. The molecule has 0 saturated heterocycles. The van der Waals surface area contributed by atoms with Crippen molar-refractivity contribution in [2.75, 3.05) is 0 Å². The fraction of sp³-hybridized carbons (Fsp3) is 0.818. The molecular formula is C11H18O. The molecule has 1 nitrogen and oxygen atoms in total. The minimum absolute atomic E-state index is 0.403.